The summed E-state index contributed by atoms with van der Waals surface area (Å²) in [5, 5.41) is 18.0. The maximum Gasteiger partial charge on any atom is 0.339 e. The van der Waals surface area contributed by atoms with E-state index < -0.39 is 5.97 Å². The van der Waals surface area contributed by atoms with E-state index in [2.05, 4.69) is 4.89 Å². The lowest BCUT2D eigenvalue weighted by Crippen LogP contribution is -2.06. The van der Waals surface area contributed by atoms with Gasteiger partial charge in [-0.05, 0) is 17.7 Å². The van der Waals surface area contributed by atoms with Crippen LogP contribution in [-0.4, -0.2) is 23.4 Å². The number of aromatic carboxylic acids is 1. The van der Waals surface area contributed by atoms with Crippen molar-refractivity contribution in [2.24, 2.45) is 0 Å². The van der Waals surface area contributed by atoms with Gasteiger partial charge in [-0.1, -0.05) is 30.3 Å². The van der Waals surface area contributed by atoms with E-state index in [1.165, 1.54) is 19.2 Å². The molecule has 0 amide bonds. The Bertz CT molecular complexity index is 624. The van der Waals surface area contributed by atoms with Crippen molar-refractivity contribution in [1.82, 2.24) is 0 Å². The molecule has 0 aliphatic rings. The summed E-state index contributed by atoms with van der Waals surface area (Å²) in [5.41, 5.74) is 0.787. The minimum absolute atomic E-state index is 0.000373. The molecule has 0 saturated heterocycles. The molecule has 0 saturated carbocycles. The topological polar surface area (TPSA) is 85.2 Å². The highest BCUT2D eigenvalue weighted by Crippen LogP contribution is 2.40. The average molecular weight is 290 g/mol. The zero-order valence-corrected chi connectivity index (χ0v) is 11.3. The predicted octanol–water partition coefficient (Wildman–Crippen LogP) is 2.82. The third-order valence-electron chi connectivity index (χ3n) is 2.83. The highest BCUT2D eigenvalue weighted by atomic mass is 17.1. The van der Waals surface area contributed by atoms with Gasteiger partial charge in [0.25, 0.3) is 0 Å². The molecule has 0 heterocycles. The maximum atomic E-state index is 11.3. The number of carboxylic acid groups (broad SMARTS) is 1. The molecule has 0 bridgehead atoms. The number of carbonyl (C=O) groups is 1. The van der Waals surface area contributed by atoms with E-state index in [0.717, 1.165) is 5.56 Å². The molecule has 2 rings (SSSR count). The van der Waals surface area contributed by atoms with Crippen LogP contribution in [0, 0.1) is 0 Å². The summed E-state index contributed by atoms with van der Waals surface area (Å²) >= 11 is 0. The summed E-state index contributed by atoms with van der Waals surface area (Å²) in [4.78, 5) is 15.4. The van der Waals surface area contributed by atoms with Gasteiger partial charge in [-0.3, -0.25) is 0 Å². The van der Waals surface area contributed by atoms with Gasteiger partial charge in [0.2, 0.25) is 11.5 Å². The van der Waals surface area contributed by atoms with Crippen LogP contribution in [-0.2, 0) is 6.61 Å². The fourth-order valence-corrected chi connectivity index (χ4v) is 1.85. The summed E-state index contributed by atoms with van der Waals surface area (Å²) in [5.74, 6) is -1.17. The lowest BCUT2D eigenvalue weighted by Gasteiger charge is -2.15. The molecule has 2 aromatic carbocycles. The molecule has 0 aliphatic carbocycles. The number of benzene rings is 2. The van der Waals surface area contributed by atoms with E-state index in [1.807, 2.05) is 30.3 Å². The van der Waals surface area contributed by atoms with E-state index in [0.29, 0.717) is 0 Å². The quantitative estimate of drug-likeness (QED) is 0.628. The molecular weight excluding hydrogens is 276 g/mol. The summed E-state index contributed by atoms with van der Waals surface area (Å²) in [6, 6.07) is 11.8. The first-order chi connectivity index (χ1) is 10.2. The first-order valence-corrected chi connectivity index (χ1v) is 6.09. The Balaban J connectivity index is 2.36. The van der Waals surface area contributed by atoms with Crippen molar-refractivity contribution >= 4 is 5.97 Å². The average Bonchev–Trinajstić information content (AvgIpc) is 2.52. The fraction of sp³-hybridized carbons (Fsp3) is 0.133. The van der Waals surface area contributed by atoms with Gasteiger partial charge in [-0.25, -0.2) is 10.1 Å². The zero-order chi connectivity index (χ0) is 15.2. The van der Waals surface area contributed by atoms with Crippen LogP contribution >= 0.6 is 0 Å². The van der Waals surface area contributed by atoms with Crippen molar-refractivity contribution in [1.29, 1.82) is 0 Å². The third kappa shape index (κ3) is 3.24. The molecule has 0 atom stereocenters. The van der Waals surface area contributed by atoms with Gasteiger partial charge in [-0.2, -0.15) is 0 Å². The van der Waals surface area contributed by atoms with E-state index >= 15 is 0 Å². The van der Waals surface area contributed by atoms with Crippen LogP contribution in [0.1, 0.15) is 15.9 Å². The molecule has 0 fully saturated rings. The number of methoxy groups -OCH3 is 1. The predicted molar refractivity (Wildman–Crippen MR) is 74.0 cm³/mol. The smallest absolute Gasteiger partial charge is 0.339 e. The monoisotopic (exact) mass is 290 g/mol. The van der Waals surface area contributed by atoms with E-state index in [9.17, 15) is 9.90 Å². The molecule has 6 heteroatoms. The third-order valence-corrected chi connectivity index (χ3v) is 2.83. The Labute approximate surface area is 121 Å². The van der Waals surface area contributed by atoms with Crippen molar-refractivity contribution in [3.8, 4) is 17.2 Å². The van der Waals surface area contributed by atoms with Crippen LogP contribution in [0.3, 0.4) is 0 Å². The van der Waals surface area contributed by atoms with Gasteiger partial charge in [0, 0.05) is 0 Å². The molecular formula is C15H14O6. The molecule has 110 valence electrons. The van der Waals surface area contributed by atoms with Crippen LogP contribution in [0.4, 0.5) is 0 Å². The van der Waals surface area contributed by atoms with Crippen LogP contribution in [0.25, 0.3) is 0 Å². The van der Waals surface area contributed by atoms with E-state index in [-0.39, 0.29) is 29.4 Å². The Morgan fingerprint density at radius 2 is 1.81 bits per heavy atom. The molecule has 2 N–H and O–H groups in total. The van der Waals surface area contributed by atoms with Crippen molar-refractivity contribution in [2.45, 2.75) is 6.61 Å². The largest absolute Gasteiger partial charge is 0.490 e. The first kappa shape index (κ1) is 14.7. The highest BCUT2D eigenvalue weighted by molar-refractivity contribution is 5.92. The molecule has 6 nitrogen and oxygen atoms in total. The first-order valence-electron chi connectivity index (χ1n) is 6.09. The molecule has 0 aromatic heterocycles. The van der Waals surface area contributed by atoms with Crippen molar-refractivity contribution in [3.63, 3.8) is 0 Å². The maximum absolute atomic E-state index is 11.3. The van der Waals surface area contributed by atoms with Gasteiger partial charge in [-0.15, -0.1) is 0 Å². The Morgan fingerprint density at radius 3 is 2.38 bits per heavy atom. The van der Waals surface area contributed by atoms with Gasteiger partial charge in [0.05, 0.1) is 7.11 Å². The lowest BCUT2D eigenvalue weighted by molar-refractivity contribution is -0.139. The van der Waals surface area contributed by atoms with Crippen molar-refractivity contribution in [2.75, 3.05) is 7.11 Å². The van der Waals surface area contributed by atoms with Crippen molar-refractivity contribution in [3.05, 3.63) is 53.6 Å². The van der Waals surface area contributed by atoms with Crippen LogP contribution in [0.15, 0.2) is 42.5 Å². The molecule has 0 unspecified atom stereocenters. The molecule has 0 spiro atoms. The standard InChI is InChI=1S/C15H14O6/c1-19-14-12(21-18)8-7-11(15(16)17)13(14)20-9-10-5-3-2-4-6-10/h2-8,18H,9H2,1H3,(H,16,17). The van der Waals surface area contributed by atoms with Gasteiger partial charge >= 0.3 is 5.97 Å². The zero-order valence-electron chi connectivity index (χ0n) is 11.3. The molecule has 21 heavy (non-hydrogen) atoms. The molecule has 0 radical (unpaired) electrons. The Hall–Kier alpha value is -2.73. The Morgan fingerprint density at radius 1 is 1.10 bits per heavy atom. The van der Waals surface area contributed by atoms with E-state index in [4.69, 9.17) is 14.7 Å². The Kier molecular flexibility index (Phi) is 4.63. The summed E-state index contributed by atoms with van der Waals surface area (Å²) in [6.45, 7) is 0.159. The molecule has 0 aliphatic heterocycles. The summed E-state index contributed by atoms with van der Waals surface area (Å²) < 4.78 is 10.6. The van der Waals surface area contributed by atoms with Gasteiger partial charge in [0.15, 0.2) is 5.75 Å². The number of hydrogen-bond donors (Lipinski definition) is 2. The summed E-state index contributed by atoms with van der Waals surface area (Å²) in [7, 11) is 1.33. The van der Waals surface area contributed by atoms with E-state index in [1.54, 1.807) is 0 Å². The van der Waals surface area contributed by atoms with Crippen LogP contribution in [0.2, 0.25) is 0 Å². The highest BCUT2D eigenvalue weighted by Gasteiger charge is 2.21. The minimum atomic E-state index is -1.17. The second kappa shape index (κ2) is 6.62. The SMILES string of the molecule is COc1c(OO)ccc(C(=O)O)c1OCc1ccccc1. The number of ether oxygens (including phenoxy) is 2. The van der Waals surface area contributed by atoms with Gasteiger partial charge < -0.3 is 19.5 Å². The van der Waals surface area contributed by atoms with Gasteiger partial charge in [0.1, 0.15) is 12.2 Å². The second-order valence-corrected chi connectivity index (χ2v) is 4.14. The lowest BCUT2D eigenvalue weighted by atomic mass is 10.1. The van der Waals surface area contributed by atoms with Crippen LogP contribution in [0.5, 0.6) is 17.2 Å². The second-order valence-electron chi connectivity index (χ2n) is 4.14. The number of rotatable bonds is 6. The summed E-state index contributed by atoms with van der Waals surface area (Å²) in [6.07, 6.45) is 0. The fourth-order valence-electron chi connectivity index (χ4n) is 1.85. The minimum Gasteiger partial charge on any atom is -0.490 e. The normalized spacial score (nSPS) is 10.0. The molecule has 2 aromatic rings. The number of carboxylic acids is 1. The number of hydrogen-bond acceptors (Lipinski definition) is 5. The van der Waals surface area contributed by atoms with Crippen molar-refractivity contribution < 1.29 is 29.5 Å². The van der Waals surface area contributed by atoms with Crippen LogP contribution < -0.4 is 14.4 Å².